The Morgan fingerprint density at radius 1 is 1.40 bits per heavy atom. The van der Waals surface area contributed by atoms with Crippen LogP contribution in [0.2, 0.25) is 0 Å². The Kier molecular flexibility index (Phi) is 4.30. The molecule has 2 N–H and O–H groups in total. The molecule has 1 aromatic rings. The zero-order chi connectivity index (χ0) is 11.3. The lowest BCUT2D eigenvalue weighted by molar-refractivity contribution is 0.0845. The smallest absolute Gasteiger partial charge is 0.151 e. The van der Waals surface area contributed by atoms with Crippen LogP contribution < -0.4 is 10.6 Å². The molecule has 1 aromatic heterocycles. The lowest BCUT2D eigenvalue weighted by atomic mass is 10.4. The lowest BCUT2D eigenvalue weighted by Crippen LogP contribution is -2.25. The molecule has 15 heavy (non-hydrogen) atoms. The van der Waals surface area contributed by atoms with E-state index in [4.69, 9.17) is 10.5 Å². The van der Waals surface area contributed by atoms with Crippen molar-refractivity contribution in [1.29, 1.82) is 0 Å². The van der Waals surface area contributed by atoms with E-state index in [9.17, 15) is 0 Å². The van der Waals surface area contributed by atoms with Crippen LogP contribution >= 0.6 is 0 Å². The zero-order valence-electron chi connectivity index (χ0n) is 9.47. The van der Waals surface area contributed by atoms with E-state index >= 15 is 0 Å². The van der Waals surface area contributed by atoms with Crippen LogP contribution in [-0.2, 0) is 4.74 Å². The van der Waals surface area contributed by atoms with E-state index in [-0.39, 0.29) is 6.10 Å². The molecule has 1 heterocycles. The van der Waals surface area contributed by atoms with Gasteiger partial charge in [-0.3, -0.25) is 0 Å². The zero-order valence-corrected chi connectivity index (χ0v) is 9.47. The van der Waals surface area contributed by atoms with Crippen LogP contribution in [0.4, 0.5) is 11.6 Å². The van der Waals surface area contributed by atoms with E-state index in [1.807, 2.05) is 31.9 Å². The molecule has 84 valence electrons. The van der Waals surface area contributed by atoms with Gasteiger partial charge < -0.3 is 15.4 Å². The monoisotopic (exact) mass is 210 g/mol. The maximum Gasteiger partial charge on any atom is 0.151 e. The molecule has 0 aliphatic carbocycles. The number of nitrogens with two attached hydrogens (primary N) is 1. The van der Waals surface area contributed by atoms with Gasteiger partial charge in [0.05, 0.1) is 12.7 Å². The van der Waals surface area contributed by atoms with Crippen LogP contribution in [0, 0.1) is 0 Å². The standard InChI is InChI=1S/C10H18N4O/c1-8(2)15-7-6-14(3)10-5-4-9(11)12-13-10/h4-5,8H,6-7H2,1-3H3,(H2,11,12). The quantitative estimate of drug-likeness (QED) is 0.783. The summed E-state index contributed by atoms with van der Waals surface area (Å²) in [7, 11) is 1.95. The molecular weight excluding hydrogens is 192 g/mol. The molecule has 0 fully saturated rings. The van der Waals surface area contributed by atoms with Gasteiger partial charge in [-0.1, -0.05) is 0 Å². The number of hydrogen-bond acceptors (Lipinski definition) is 5. The molecule has 0 radical (unpaired) electrons. The summed E-state index contributed by atoms with van der Waals surface area (Å²) in [5, 5.41) is 7.76. The Hall–Kier alpha value is -1.36. The van der Waals surface area contributed by atoms with Crippen LogP contribution in [-0.4, -0.2) is 36.5 Å². The van der Waals surface area contributed by atoms with Crippen LogP contribution in [0.1, 0.15) is 13.8 Å². The van der Waals surface area contributed by atoms with Crippen LogP contribution in [0.3, 0.4) is 0 Å². The van der Waals surface area contributed by atoms with Gasteiger partial charge in [-0.2, -0.15) is 0 Å². The lowest BCUT2D eigenvalue weighted by Gasteiger charge is -2.18. The molecular formula is C10H18N4O. The second-order valence-electron chi connectivity index (χ2n) is 3.66. The van der Waals surface area contributed by atoms with Crippen molar-refractivity contribution in [3.63, 3.8) is 0 Å². The molecule has 0 atom stereocenters. The molecule has 1 rings (SSSR count). The van der Waals surface area contributed by atoms with Crippen molar-refractivity contribution in [3.05, 3.63) is 12.1 Å². The molecule has 0 bridgehead atoms. The first-order valence-electron chi connectivity index (χ1n) is 5.01. The summed E-state index contributed by atoms with van der Waals surface area (Å²) < 4.78 is 5.44. The number of rotatable bonds is 5. The second kappa shape index (κ2) is 5.50. The van der Waals surface area contributed by atoms with Crippen molar-refractivity contribution in [2.45, 2.75) is 20.0 Å². The van der Waals surface area contributed by atoms with Crippen LogP contribution in [0.25, 0.3) is 0 Å². The van der Waals surface area contributed by atoms with Crippen molar-refractivity contribution in [1.82, 2.24) is 10.2 Å². The average Bonchev–Trinajstić information content (AvgIpc) is 2.18. The van der Waals surface area contributed by atoms with Crippen molar-refractivity contribution in [3.8, 4) is 0 Å². The Bertz CT molecular complexity index is 286. The van der Waals surface area contributed by atoms with E-state index in [2.05, 4.69) is 10.2 Å². The summed E-state index contributed by atoms with van der Waals surface area (Å²) in [6.45, 7) is 5.50. The fraction of sp³-hybridized carbons (Fsp3) is 0.600. The number of nitrogens with zero attached hydrogens (tertiary/aromatic N) is 3. The predicted molar refractivity (Wildman–Crippen MR) is 60.8 cm³/mol. The number of anilines is 2. The Morgan fingerprint density at radius 3 is 2.67 bits per heavy atom. The first-order valence-corrected chi connectivity index (χ1v) is 5.01. The van der Waals surface area contributed by atoms with Gasteiger partial charge in [0, 0.05) is 13.6 Å². The highest BCUT2D eigenvalue weighted by molar-refractivity contribution is 5.40. The second-order valence-corrected chi connectivity index (χ2v) is 3.66. The third-order valence-electron chi connectivity index (χ3n) is 1.94. The number of likely N-dealkylation sites (N-methyl/N-ethyl adjacent to an activating group) is 1. The van der Waals surface area contributed by atoms with Gasteiger partial charge in [0.15, 0.2) is 5.82 Å². The summed E-state index contributed by atoms with van der Waals surface area (Å²) in [4.78, 5) is 1.98. The van der Waals surface area contributed by atoms with Crippen molar-refractivity contribution in [2.75, 3.05) is 30.8 Å². The van der Waals surface area contributed by atoms with Gasteiger partial charge in [0.2, 0.25) is 0 Å². The minimum Gasteiger partial charge on any atom is -0.382 e. The van der Waals surface area contributed by atoms with E-state index in [0.717, 1.165) is 12.4 Å². The molecule has 0 saturated heterocycles. The predicted octanol–water partition coefficient (Wildman–Crippen LogP) is 0.920. The average molecular weight is 210 g/mol. The van der Waals surface area contributed by atoms with E-state index in [1.165, 1.54) is 0 Å². The minimum absolute atomic E-state index is 0.260. The summed E-state index contributed by atoms with van der Waals surface area (Å²) >= 11 is 0. The molecule has 0 saturated carbocycles. The van der Waals surface area contributed by atoms with Crippen molar-refractivity contribution in [2.24, 2.45) is 0 Å². The van der Waals surface area contributed by atoms with Gasteiger partial charge in [-0.25, -0.2) is 0 Å². The van der Waals surface area contributed by atoms with Gasteiger partial charge in [0.1, 0.15) is 5.82 Å². The third-order valence-corrected chi connectivity index (χ3v) is 1.94. The highest BCUT2D eigenvalue weighted by Crippen LogP contribution is 2.07. The highest BCUT2D eigenvalue weighted by Gasteiger charge is 2.03. The SMILES string of the molecule is CC(C)OCCN(C)c1ccc(N)nn1. The molecule has 0 aliphatic rings. The van der Waals surface area contributed by atoms with E-state index in [0.29, 0.717) is 12.4 Å². The van der Waals surface area contributed by atoms with Crippen LogP contribution in [0.15, 0.2) is 12.1 Å². The van der Waals surface area contributed by atoms with Crippen molar-refractivity contribution < 1.29 is 4.74 Å². The van der Waals surface area contributed by atoms with E-state index in [1.54, 1.807) is 6.07 Å². The molecule has 0 aliphatic heterocycles. The molecule has 0 spiro atoms. The summed E-state index contributed by atoms with van der Waals surface area (Å²) in [5.74, 6) is 1.24. The van der Waals surface area contributed by atoms with Gasteiger partial charge in [0.25, 0.3) is 0 Å². The van der Waals surface area contributed by atoms with E-state index < -0.39 is 0 Å². The van der Waals surface area contributed by atoms with Gasteiger partial charge >= 0.3 is 0 Å². The topological polar surface area (TPSA) is 64.3 Å². The molecule has 5 nitrogen and oxygen atoms in total. The number of aromatic nitrogens is 2. The Morgan fingerprint density at radius 2 is 2.13 bits per heavy atom. The third kappa shape index (κ3) is 4.12. The first-order chi connectivity index (χ1) is 7.09. The molecule has 0 unspecified atom stereocenters. The maximum atomic E-state index is 5.45. The normalized spacial score (nSPS) is 10.7. The van der Waals surface area contributed by atoms with Gasteiger partial charge in [-0.15, -0.1) is 10.2 Å². The minimum atomic E-state index is 0.260. The Labute approximate surface area is 90.2 Å². The van der Waals surface area contributed by atoms with Gasteiger partial charge in [-0.05, 0) is 26.0 Å². The number of ether oxygens (including phenoxy) is 1. The first kappa shape index (κ1) is 11.7. The highest BCUT2D eigenvalue weighted by atomic mass is 16.5. The fourth-order valence-electron chi connectivity index (χ4n) is 1.08. The number of hydrogen-bond donors (Lipinski definition) is 1. The fourth-order valence-corrected chi connectivity index (χ4v) is 1.08. The maximum absolute atomic E-state index is 5.45. The summed E-state index contributed by atoms with van der Waals surface area (Å²) in [6.07, 6.45) is 0.260. The summed E-state index contributed by atoms with van der Waals surface area (Å²) in [6, 6.07) is 3.58. The van der Waals surface area contributed by atoms with Crippen LogP contribution in [0.5, 0.6) is 0 Å². The summed E-state index contributed by atoms with van der Waals surface area (Å²) in [5.41, 5.74) is 5.45. The van der Waals surface area contributed by atoms with Crippen molar-refractivity contribution >= 4 is 11.6 Å². The molecule has 5 heteroatoms. The molecule has 0 aromatic carbocycles. The number of nitrogen functional groups attached to an aromatic ring is 1. The largest absolute Gasteiger partial charge is 0.382 e. The Balaban J connectivity index is 2.40. The molecule has 0 amide bonds.